The molecule has 0 spiro atoms. The second-order valence-corrected chi connectivity index (χ2v) is 12.3. The lowest BCUT2D eigenvalue weighted by Gasteiger charge is -2.26. The molecule has 11 N–H and O–H groups in total. The lowest BCUT2D eigenvalue weighted by atomic mass is 9.99. The molecular formula is C34H44N8O6S2. The Morgan fingerprint density at radius 1 is 0.660 bits per heavy atom. The number of thiol groups is 2. The Morgan fingerprint density at radius 3 is 1.78 bits per heavy atom. The van der Waals surface area contributed by atoms with Gasteiger partial charge in [0.1, 0.15) is 24.2 Å². The second-order valence-electron chi connectivity index (χ2n) is 11.6. The minimum absolute atomic E-state index is 0.0152. The second kappa shape index (κ2) is 20.0. The van der Waals surface area contributed by atoms with Gasteiger partial charge in [0.15, 0.2) is 5.96 Å². The number of carboxylic acids is 1. The number of fused-ring (bicyclic) bond motifs is 1. The topological polar surface area (TPSA) is 244 Å². The van der Waals surface area contributed by atoms with E-state index < -0.39 is 59.8 Å². The normalized spacial score (nSPS) is 13.9. The van der Waals surface area contributed by atoms with Gasteiger partial charge >= 0.3 is 5.97 Å². The van der Waals surface area contributed by atoms with Crippen LogP contribution in [-0.4, -0.2) is 88.9 Å². The number of amides is 4. The zero-order valence-corrected chi connectivity index (χ0v) is 29.1. The van der Waals surface area contributed by atoms with Gasteiger partial charge in [0, 0.05) is 30.9 Å². The number of rotatable bonds is 19. The first-order valence-corrected chi connectivity index (χ1v) is 17.2. The van der Waals surface area contributed by atoms with E-state index in [0.717, 1.165) is 10.8 Å². The van der Waals surface area contributed by atoms with Crippen molar-refractivity contribution < 1.29 is 29.1 Å². The lowest BCUT2D eigenvalue weighted by molar-refractivity contribution is -0.141. The van der Waals surface area contributed by atoms with Crippen molar-refractivity contribution >= 4 is 71.6 Å². The number of hydrogen-bond donors (Lipinski definition) is 10. The molecule has 0 fully saturated rings. The SMILES string of the molecule is NC(N)=NCCC[C@H](NC(=O)[C@H](N)CS)C(=O)N[C@@H](Cc1ccc2ccccc2c1)C(=O)N[C@@H](Cc1ccccc1)C(=O)N[C@@H](CS)C(=O)O. The molecule has 4 amide bonds. The van der Waals surface area contributed by atoms with Gasteiger partial charge in [0.2, 0.25) is 23.6 Å². The van der Waals surface area contributed by atoms with Gasteiger partial charge in [-0.2, -0.15) is 25.3 Å². The van der Waals surface area contributed by atoms with Crippen molar-refractivity contribution in [1.82, 2.24) is 21.3 Å². The van der Waals surface area contributed by atoms with E-state index in [-0.39, 0.29) is 43.3 Å². The number of hydrogen-bond acceptors (Lipinski definition) is 9. The number of benzene rings is 3. The molecule has 268 valence electrons. The molecule has 0 aromatic heterocycles. The first-order chi connectivity index (χ1) is 23.9. The molecule has 0 unspecified atom stereocenters. The Hall–Kier alpha value is -4.80. The monoisotopic (exact) mass is 724 g/mol. The third kappa shape index (κ3) is 12.6. The van der Waals surface area contributed by atoms with Crippen LogP contribution in [0.1, 0.15) is 24.0 Å². The van der Waals surface area contributed by atoms with Crippen LogP contribution in [0, 0.1) is 0 Å². The van der Waals surface area contributed by atoms with Crippen LogP contribution in [0.3, 0.4) is 0 Å². The quantitative estimate of drug-likeness (QED) is 0.0343. The molecule has 50 heavy (non-hydrogen) atoms. The molecule has 0 saturated heterocycles. The molecule has 0 aliphatic carbocycles. The standard InChI is InChI=1S/C34H44N8O6S2/c35-24(18-49)29(43)39-25(11-6-14-38-34(36)37)30(44)40-27(17-21-12-13-22-9-4-5-10-23(22)15-21)31(45)41-26(16-20-7-2-1-3-8-20)32(46)42-28(19-50)33(47)48/h1-5,7-10,12-13,15,24-28,49-50H,6,11,14,16-19,35H2,(H,39,43)(H,40,44)(H,41,45)(H,42,46)(H,47,48)(H4,36,37,38)/t24-,25+,26+,27+,28+/m1/s1. The first-order valence-electron chi connectivity index (χ1n) is 15.9. The maximum absolute atomic E-state index is 14.1. The van der Waals surface area contributed by atoms with Gasteiger partial charge in [0.25, 0.3) is 0 Å². The average Bonchev–Trinajstić information content (AvgIpc) is 3.10. The summed E-state index contributed by atoms with van der Waals surface area (Å²) in [4.78, 5) is 69.6. The molecule has 14 nitrogen and oxygen atoms in total. The van der Waals surface area contributed by atoms with Crippen LogP contribution in [-0.2, 0) is 36.8 Å². The molecule has 0 bridgehead atoms. The molecule has 0 radical (unpaired) electrons. The summed E-state index contributed by atoms with van der Waals surface area (Å²) >= 11 is 8.10. The largest absolute Gasteiger partial charge is 0.480 e. The number of nitrogens with two attached hydrogens (primary N) is 3. The summed E-state index contributed by atoms with van der Waals surface area (Å²) in [6.07, 6.45) is 0.459. The summed E-state index contributed by atoms with van der Waals surface area (Å²) in [5.74, 6) is -4.32. The fraction of sp³-hybridized carbons (Fsp3) is 0.353. The number of nitrogens with zero attached hydrogens (tertiary/aromatic N) is 1. The minimum atomic E-state index is -1.30. The van der Waals surface area contributed by atoms with Crippen molar-refractivity contribution in [2.24, 2.45) is 22.2 Å². The maximum atomic E-state index is 14.1. The highest BCUT2D eigenvalue weighted by molar-refractivity contribution is 7.80. The van der Waals surface area contributed by atoms with E-state index in [1.807, 2.05) is 42.5 Å². The van der Waals surface area contributed by atoms with Crippen molar-refractivity contribution in [3.63, 3.8) is 0 Å². The fourth-order valence-corrected chi connectivity index (χ4v) is 5.42. The van der Waals surface area contributed by atoms with Crippen molar-refractivity contribution in [2.45, 2.75) is 55.9 Å². The summed E-state index contributed by atoms with van der Waals surface area (Å²) in [6.45, 7) is 0.182. The van der Waals surface area contributed by atoms with Gasteiger partial charge in [-0.1, -0.05) is 72.8 Å². The number of aliphatic imine (C=N–C) groups is 1. The van der Waals surface area contributed by atoms with Gasteiger partial charge in [-0.05, 0) is 34.7 Å². The van der Waals surface area contributed by atoms with Gasteiger partial charge < -0.3 is 43.6 Å². The summed E-state index contributed by atoms with van der Waals surface area (Å²) in [7, 11) is 0. The molecule has 0 aliphatic heterocycles. The highest BCUT2D eigenvalue weighted by atomic mass is 32.1. The van der Waals surface area contributed by atoms with Crippen LogP contribution >= 0.6 is 25.3 Å². The smallest absolute Gasteiger partial charge is 0.327 e. The summed E-state index contributed by atoms with van der Waals surface area (Å²) in [5.41, 5.74) is 18.1. The van der Waals surface area contributed by atoms with Crippen LogP contribution in [0.25, 0.3) is 10.8 Å². The van der Waals surface area contributed by atoms with Crippen LogP contribution in [0.15, 0.2) is 77.8 Å². The Balaban J connectivity index is 1.95. The van der Waals surface area contributed by atoms with Crippen LogP contribution in [0.5, 0.6) is 0 Å². The average molecular weight is 725 g/mol. The fourth-order valence-electron chi connectivity index (χ4n) is 5.01. The van der Waals surface area contributed by atoms with E-state index in [1.54, 1.807) is 30.3 Å². The lowest BCUT2D eigenvalue weighted by Crippen LogP contribution is -2.59. The zero-order chi connectivity index (χ0) is 36.6. The number of guanidine groups is 1. The number of carbonyl (C=O) groups is 5. The molecule has 0 aliphatic rings. The third-order valence-electron chi connectivity index (χ3n) is 7.71. The number of carboxylic acid groups (broad SMARTS) is 1. The molecule has 0 saturated carbocycles. The number of aliphatic carboxylic acids is 1. The van der Waals surface area contributed by atoms with Crippen LogP contribution in [0.4, 0.5) is 0 Å². The Bertz CT molecular complexity index is 1660. The molecule has 16 heteroatoms. The van der Waals surface area contributed by atoms with Crippen LogP contribution in [0.2, 0.25) is 0 Å². The van der Waals surface area contributed by atoms with Crippen molar-refractivity contribution in [3.05, 3.63) is 83.9 Å². The third-order valence-corrected chi connectivity index (χ3v) is 8.47. The van der Waals surface area contributed by atoms with Gasteiger partial charge in [-0.3, -0.25) is 24.2 Å². The summed E-state index contributed by atoms with van der Waals surface area (Å²) < 4.78 is 0. The van der Waals surface area contributed by atoms with Gasteiger partial charge in [-0.25, -0.2) is 4.79 Å². The highest BCUT2D eigenvalue weighted by Gasteiger charge is 2.32. The Labute approximate surface area is 301 Å². The maximum Gasteiger partial charge on any atom is 0.327 e. The van der Waals surface area contributed by atoms with Crippen molar-refractivity contribution in [3.8, 4) is 0 Å². The van der Waals surface area contributed by atoms with E-state index in [2.05, 4.69) is 51.5 Å². The predicted molar refractivity (Wildman–Crippen MR) is 199 cm³/mol. The molecule has 5 atom stereocenters. The minimum Gasteiger partial charge on any atom is -0.480 e. The number of carbonyl (C=O) groups excluding carboxylic acids is 4. The predicted octanol–water partition coefficient (Wildman–Crippen LogP) is -0.111. The number of nitrogens with one attached hydrogen (secondary N) is 4. The van der Waals surface area contributed by atoms with E-state index in [0.29, 0.717) is 17.5 Å². The molecule has 0 heterocycles. The van der Waals surface area contributed by atoms with E-state index in [9.17, 15) is 29.1 Å². The summed E-state index contributed by atoms with van der Waals surface area (Å²) in [6, 6.07) is 16.2. The Morgan fingerprint density at radius 2 is 1.20 bits per heavy atom. The molecular weight excluding hydrogens is 681 g/mol. The van der Waals surface area contributed by atoms with Crippen LogP contribution < -0.4 is 38.5 Å². The molecule has 3 aromatic carbocycles. The van der Waals surface area contributed by atoms with E-state index in [1.165, 1.54) is 0 Å². The van der Waals surface area contributed by atoms with Gasteiger partial charge in [0.05, 0.1) is 6.04 Å². The Kier molecular flexibility index (Phi) is 15.9. The van der Waals surface area contributed by atoms with E-state index in [4.69, 9.17) is 17.2 Å². The summed E-state index contributed by atoms with van der Waals surface area (Å²) in [5, 5.41) is 21.9. The van der Waals surface area contributed by atoms with Crippen molar-refractivity contribution in [1.29, 1.82) is 0 Å². The first kappa shape index (κ1) is 39.6. The van der Waals surface area contributed by atoms with Crippen molar-refractivity contribution in [2.75, 3.05) is 18.1 Å². The zero-order valence-electron chi connectivity index (χ0n) is 27.3. The van der Waals surface area contributed by atoms with Gasteiger partial charge in [-0.15, -0.1) is 0 Å². The van der Waals surface area contributed by atoms with E-state index >= 15 is 0 Å². The molecule has 3 rings (SSSR count). The molecule has 3 aromatic rings. The highest BCUT2D eigenvalue weighted by Crippen LogP contribution is 2.17.